The third-order valence-electron chi connectivity index (χ3n) is 2.74. The first kappa shape index (κ1) is 10.8. The molecule has 0 bridgehead atoms. The summed E-state index contributed by atoms with van der Waals surface area (Å²) in [5, 5.41) is 0.814. The molecule has 0 N–H and O–H groups in total. The van der Waals surface area contributed by atoms with Crippen LogP contribution in [0.2, 0.25) is 5.02 Å². The maximum Gasteiger partial charge on any atom is 0.0559 e. The predicted octanol–water partition coefficient (Wildman–Crippen LogP) is 4.88. The summed E-state index contributed by atoms with van der Waals surface area (Å²) in [5.41, 5.74) is 1.71. The van der Waals surface area contributed by atoms with Gasteiger partial charge in [-0.25, -0.2) is 0 Å². The first-order valence-electron chi connectivity index (χ1n) is 4.63. The zero-order chi connectivity index (χ0) is 10.3. The number of hydrogen-bond acceptors (Lipinski definition) is 1. The van der Waals surface area contributed by atoms with Gasteiger partial charge in [-0.2, -0.15) is 0 Å². The Morgan fingerprint density at radius 3 is 2.86 bits per heavy atom. The maximum absolute atomic E-state index is 6.08. The van der Waals surface area contributed by atoms with Crippen molar-refractivity contribution in [1.29, 1.82) is 0 Å². The highest BCUT2D eigenvalue weighted by Crippen LogP contribution is 2.44. The molecule has 1 aromatic rings. The van der Waals surface area contributed by atoms with E-state index in [1.807, 2.05) is 11.8 Å². The summed E-state index contributed by atoms with van der Waals surface area (Å²) in [6.45, 7) is 4.60. The molecule has 0 spiro atoms. The van der Waals surface area contributed by atoms with Crippen LogP contribution in [0.1, 0.15) is 25.8 Å². The van der Waals surface area contributed by atoms with Gasteiger partial charge in [-0.05, 0) is 51.2 Å². The summed E-state index contributed by atoms with van der Waals surface area (Å²) in [4.78, 5) is 1.34. The second-order valence-corrected chi connectivity index (χ2v) is 6.64. The molecular weight excluding hydrogens is 280 g/mol. The largest absolute Gasteiger partial charge is 0.126 e. The second kappa shape index (κ2) is 3.73. The van der Waals surface area contributed by atoms with Crippen LogP contribution in [-0.2, 0) is 5.41 Å². The van der Waals surface area contributed by atoms with E-state index in [4.69, 9.17) is 11.6 Å². The molecule has 0 fully saturated rings. The standard InChI is InChI=1S/C11H12BrClS/c1-11(2)3-4-14-10-6-9(13)8(12)5-7(10)11/h5-6H,3-4H2,1-2H3. The van der Waals surface area contributed by atoms with Crippen LogP contribution in [0.25, 0.3) is 0 Å². The van der Waals surface area contributed by atoms with Gasteiger partial charge >= 0.3 is 0 Å². The van der Waals surface area contributed by atoms with Crippen LogP contribution in [0.4, 0.5) is 0 Å². The Balaban J connectivity index is 2.59. The van der Waals surface area contributed by atoms with E-state index in [-0.39, 0.29) is 5.41 Å². The molecule has 1 aromatic carbocycles. The lowest BCUT2D eigenvalue weighted by molar-refractivity contribution is 0.494. The minimum Gasteiger partial charge on any atom is -0.126 e. The Hall–Kier alpha value is 0.340. The highest BCUT2D eigenvalue weighted by Gasteiger charge is 2.28. The van der Waals surface area contributed by atoms with Gasteiger partial charge in [-0.3, -0.25) is 0 Å². The van der Waals surface area contributed by atoms with E-state index >= 15 is 0 Å². The first-order valence-corrected chi connectivity index (χ1v) is 6.79. The molecule has 0 atom stereocenters. The minimum atomic E-state index is 0.285. The van der Waals surface area contributed by atoms with Gasteiger partial charge in [0.15, 0.2) is 0 Å². The normalized spacial score (nSPS) is 19.1. The van der Waals surface area contributed by atoms with Gasteiger partial charge in [-0.15, -0.1) is 11.8 Å². The molecule has 0 saturated heterocycles. The number of hydrogen-bond donors (Lipinski definition) is 0. The SMILES string of the molecule is CC1(C)CCSc2cc(Cl)c(Br)cc21. The van der Waals surface area contributed by atoms with E-state index in [0.717, 1.165) is 9.50 Å². The molecule has 0 unspecified atom stereocenters. The molecule has 0 radical (unpaired) electrons. The molecule has 1 heterocycles. The fraction of sp³-hybridized carbons (Fsp3) is 0.455. The van der Waals surface area contributed by atoms with Gasteiger partial charge in [0, 0.05) is 9.37 Å². The summed E-state index contributed by atoms with van der Waals surface area (Å²) < 4.78 is 1.01. The molecule has 1 aliphatic rings. The molecule has 14 heavy (non-hydrogen) atoms. The van der Waals surface area contributed by atoms with Crippen LogP contribution in [0.5, 0.6) is 0 Å². The van der Waals surface area contributed by atoms with Gasteiger partial charge in [0.2, 0.25) is 0 Å². The fourth-order valence-corrected chi connectivity index (χ4v) is 3.82. The van der Waals surface area contributed by atoms with E-state index in [9.17, 15) is 0 Å². The second-order valence-electron chi connectivity index (χ2n) is 4.24. The Morgan fingerprint density at radius 2 is 2.14 bits per heavy atom. The molecule has 0 amide bonds. The summed E-state index contributed by atoms with van der Waals surface area (Å²) in [6, 6.07) is 4.25. The number of benzene rings is 1. The Bertz CT molecular complexity index is 374. The maximum atomic E-state index is 6.08. The Kier molecular flexibility index (Phi) is 2.89. The predicted molar refractivity (Wildman–Crippen MR) is 67.5 cm³/mol. The average Bonchev–Trinajstić information content (AvgIpc) is 2.08. The molecule has 0 nitrogen and oxygen atoms in total. The van der Waals surface area contributed by atoms with Gasteiger partial charge in [0.25, 0.3) is 0 Å². The van der Waals surface area contributed by atoms with Crippen LogP contribution >= 0.6 is 39.3 Å². The third-order valence-corrected chi connectivity index (χ3v) is 4.99. The Morgan fingerprint density at radius 1 is 1.43 bits per heavy atom. The molecule has 0 saturated carbocycles. The van der Waals surface area contributed by atoms with Crippen molar-refractivity contribution in [2.75, 3.05) is 5.75 Å². The van der Waals surface area contributed by atoms with Crippen LogP contribution in [-0.4, -0.2) is 5.75 Å². The third kappa shape index (κ3) is 1.84. The molecule has 0 aromatic heterocycles. The van der Waals surface area contributed by atoms with Crippen molar-refractivity contribution in [2.45, 2.75) is 30.6 Å². The van der Waals surface area contributed by atoms with E-state index in [2.05, 4.69) is 41.9 Å². The van der Waals surface area contributed by atoms with Crippen molar-refractivity contribution in [2.24, 2.45) is 0 Å². The molecule has 3 heteroatoms. The van der Waals surface area contributed by atoms with Crippen LogP contribution in [0.3, 0.4) is 0 Å². The average molecular weight is 292 g/mol. The first-order chi connectivity index (χ1) is 6.50. The molecule has 76 valence electrons. The number of rotatable bonds is 0. The number of fused-ring (bicyclic) bond motifs is 1. The van der Waals surface area contributed by atoms with Gasteiger partial charge in [-0.1, -0.05) is 25.4 Å². The van der Waals surface area contributed by atoms with Crippen LogP contribution in [0.15, 0.2) is 21.5 Å². The lowest BCUT2D eigenvalue weighted by atomic mass is 9.82. The molecular formula is C11H12BrClS. The van der Waals surface area contributed by atoms with E-state index < -0.39 is 0 Å². The summed E-state index contributed by atoms with van der Waals surface area (Å²) >= 11 is 11.5. The van der Waals surface area contributed by atoms with Gasteiger partial charge < -0.3 is 0 Å². The molecule has 0 aliphatic carbocycles. The lowest BCUT2D eigenvalue weighted by Crippen LogP contribution is -2.22. The number of halogens is 2. The van der Waals surface area contributed by atoms with Crippen molar-refractivity contribution in [3.63, 3.8) is 0 Å². The highest BCUT2D eigenvalue weighted by atomic mass is 79.9. The number of thioether (sulfide) groups is 1. The van der Waals surface area contributed by atoms with Crippen LogP contribution < -0.4 is 0 Å². The van der Waals surface area contributed by atoms with Gasteiger partial charge in [0.05, 0.1) is 5.02 Å². The topological polar surface area (TPSA) is 0 Å². The fourth-order valence-electron chi connectivity index (χ4n) is 1.73. The van der Waals surface area contributed by atoms with Crippen LogP contribution in [0, 0.1) is 0 Å². The van der Waals surface area contributed by atoms with Gasteiger partial charge in [0.1, 0.15) is 0 Å². The van der Waals surface area contributed by atoms with E-state index in [1.54, 1.807) is 0 Å². The molecule has 1 aliphatic heterocycles. The molecule has 2 rings (SSSR count). The smallest absolute Gasteiger partial charge is 0.0559 e. The van der Waals surface area contributed by atoms with Crippen molar-refractivity contribution < 1.29 is 0 Å². The van der Waals surface area contributed by atoms with Crippen molar-refractivity contribution in [3.05, 3.63) is 27.2 Å². The zero-order valence-corrected chi connectivity index (χ0v) is 11.4. The Labute approximate surface area is 103 Å². The van der Waals surface area contributed by atoms with E-state index in [0.29, 0.717) is 0 Å². The van der Waals surface area contributed by atoms with Crippen molar-refractivity contribution in [1.82, 2.24) is 0 Å². The minimum absolute atomic E-state index is 0.285. The quantitative estimate of drug-likeness (QED) is 0.657. The lowest BCUT2D eigenvalue weighted by Gasteiger charge is -2.32. The van der Waals surface area contributed by atoms with Crippen molar-refractivity contribution >= 4 is 39.3 Å². The van der Waals surface area contributed by atoms with E-state index in [1.165, 1.54) is 22.6 Å². The highest BCUT2D eigenvalue weighted by molar-refractivity contribution is 9.10. The van der Waals surface area contributed by atoms with Crippen molar-refractivity contribution in [3.8, 4) is 0 Å². The monoisotopic (exact) mass is 290 g/mol. The zero-order valence-electron chi connectivity index (χ0n) is 8.23. The summed E-state index contributed by atoms with van der Waals surface area (Å²) in [5.74, 6) is 1.19. The summed E-state index contributed by atoms with van der Waals surface area (Å²) in [6.07, 6.45) is 1.23. The summed E-state index contributed by atoms with van der Waals surface area (Å²) in [7, 11) is 0.